The number of nitrogens with zero attached hydrogens (tertiary/aromatic N) is 4. The number of amides is 1. The maximum Gasteiger partial charge on any atom is 0.264 e. The van der Waals surface area contributed by atoms with Crippen molar-refractivity contribution >= 4 is 22.6 Å². The highest BCUT2D eigenvalue weighted by molar-refractivity contribution is 5.91. The molecule has 0 spiro atoms. The molecular weight excluding hydrogens is 282 g/mol. The number of fused-ring (bicyclic) bond motifs is 1. The van der Waals surface area contributed by atoms with E-state index >= 15 is 0 Å². The number of carbonyl (C=O) groups excluding carboxylic acids is 1. The molecule has 0 saturated carbocycles. The minimum Gasteiger partial charge on any atom is -0.324 e. The summed E-state index contributed by atoms with van der Waals surface area (Å²) in [6.07, 6.45) is 2.82. The van der Waals surface area contributed by atoms with Crippen molar-refractivity contribution < 1.29 is 4.79 Å². The second-order valence-electron chi connectivity index (χ2n) is 5.05. The number of benzene rings is 1. The third-order valence-electron chi connectivity index (χ3n) is 3.45. The predicted octanol–water partition coefficient (Wildman–Crippen LogP) is 1.08. The fourth-order valence-electron chi connectivity index (χ4n) is 2.24. The predicted molar refractivity (Wildman–Crippen MR) is 82.6 cm³/mol. The van der Waals surface area contributed by atoms with E-state index in [0.29, 0.717) is 11.0 Å². The lowest BCUT2D eigenvalue weighted by Gasteiger charge is -2.09. The van der Waals surface area contributed by atoms with Gasteiger partial charge in [0.25, 0.3) is 5.56 Å². The topological polar surface area (TPSA) is 81.8 Å². The average molecular weight is 297 g/mol. The van der Waals surface area contributed by atoms with Gasteiger partial charge in [0.1, 0.15) is 18.3 Å². The van der Waals surface area contributed by atoms with Crippen LogP contribution in [0.15, 0.2) is 41.6 Å². The van der Waals surface area contributed by atoms with Crippen molar-refractivity contribution in [2.75, 3.05) is 5.32 Å². The third kappa shape index (κ3) is 2.48. The van der Waals surface area contributed by atoms with Gasteiger partial charge in [-0.1, -0.05) is 18.2 Å². The summed E-state index contributed by atoms with van der Waals surface area (Å²) in [5.41, 5.74) is 1.92. The molecule has 112 valence electrons. The van der Waals surface area contributed by atoms with Crippen molar-refractivity contribution in [3.63, 3.8) is 0 Å². The Labute approximate surface area is 126 Å². The van der Waals surface area contributed by atoms with Crippen molar-refractivity contribution in [1.82, 2.24) is 19.3 Å². The number of anilines is 1. The normalized spacial score (nSPS) is 10.8. The molecule has 7 heteroatoms. The smallest absolute Gasteiger partial charge is 0.264 e. The molecule has 3 rings (SSSR count). The van der Waals surface area contributed by atoms with Crippen LogP contribution in [0, 0.1) is 6.92 Å². The van der Waals surface area contributed by atoms with Crippen LogP contribution in [-0.2, 0) is 18.4 Å². The van der Waals surface area contributed by atoms with Gasteiger partial charge < -0.3 is 5.32 Å². The van der Waals surface area contributed by atoms with Gasteiger partial charge in [-0.2, -0.15) is 5.10 Å². The average Bonchev–Trinajstić information content (AvgIpc) is 2.87. The van der Waals surface area contributed by atoms with Crippen molar-refractivity contribution in [3.8, 4) is 0 Å². The molecular formula is C15H15N5O2. The maximum atomic E-state index is 12.3. The summed E-state index contributed by atoms with van der Waals surface area (Å²) in [4.78, 5) is 28.6. The van der Waals surface area contributed by atoms with Gasteiger partial charge in [-0.25, -0.2) is 4.98 Å². The maximum absolute atomic E-state index is 12.3. The molecule has 2 aromatic heterocycles. The first-order chi connectivity index (χ1) is 10.6. The Morgan fingerprint density at radius 3 is 2.86 bits per heavy atom. The molecule has 0 unspecified atom stereocenters. The molecule has 0 bridgehead atoms. The van der Waals surface area contributed by atoms with Gasteiger partial charge in [-0.05, 0) is 18.6 Å². The molecule has 2 heterocycles. The van der Waals surface area contributed by atoms with E-state index in [2.05, 4.69) is 15.4 Å². The second kappa shape index (κ2) is 5.44. The first-order valence-corrected chi connectivity index (χ1v) is 6.79. The lowest BCUT2D eigenvalue weighted by molar-refractivity contribution is -0.116. The van der Waals surface area contributed by atoms with Gasteiger partial charge in [0.15, 0.2) is 5.65 Å². The third-order valence-corrected chi connectivity index (χ3v) is 3.45. The lowest BCUT2D eigenvalue weighted by atomic mass is 10.2. The highest BCUT2D eigenvalue weighted by atomic mass is 16.2. The molecule has 3 aromatic rings. The zero-order valence-electron chi connectivity index (χ0n) is 12.3. The van der Waals surface area contributed by atoms with Crippen LogP contribution in [0.25, 0.3) is 11.0 Å². The number of hydrogen-bond donors (Lipinski definition) is 1. The SMILES string of the molecule is Cc1ccccc1NC(=O)Cn1cnc2c(cnn2C)c1=O. The summed E-state index contributed by atoms with van der Waals surface area (Å²) in [6.45, 7) is 1.82. The largest absolute Gasteiger partial charge is 0.324 e. The zero-order valence-corrected chi connectivity index (χ0v) is 12.3. The number of carbonyl (C=O) groups is 1. The summed E-state index contributed by atoms with van der Waals surface area (Å²) >= 11 is 0. The number of nitrogens with one attached hydrogen (secondary N) is 1. The first kappa shape index (κ1) is 14.0. The molecule has 1 amide bonds. The van der Waals surface area contributed by atoms with Crippen LogP contribution in [0.4, 0.5) is 5.69 Å². The number of aromatic nitrogens is 4. The molecule has 0 aliphatic heterocycles. The Morgan fingerprint density at radius 1 is 1.32 bits per heavy atom. The quantitative estimate of drug-likeness (QED) is 0.784. The van der Waals surface area contributed by atoms with Crippen LogP contribution < -0.4 is 10.9 Å². The molecule has 0 fully saturated rings. The second-order valence-corrected chi connectivity index (χ2v) is 5.05. The minimum absolute atomic E-state index is 0.0923. The van der Waals surface area contributed by atoms with E-state index in [-0.39, 0.29) is 18.0 Å². The monoisotopic (exact) mass is 297 g/mol. The van der Waals surface area contributed by atoms with E-state index in [1.54, 1.807) is 7.05 Å². The Bertz CT molecular complexity index is 910. The summed E-state index contributed by atoms with van der Waals surface area (Å²) in [5, 5.41) is 7.19. The number of hydrogen-bond acceptors (Lipinski definition) is 4. The molecule has 7 nitrogen and oxygen atoms in total. The van der Waals surface area contributed by atoms with Gasteiger partial charge in [0.05, 0.1) is 6.20 Å². The standard InChI is InChI=1S/C15H15N5O2/c1-10-5-3-4-6-12(10)18-13(21)8-20-9-16-14-11(15(20)22)7-17-19(14)2/h3-7,9H,8H2,1-2H3,(H,18,21). The summed E-state index contributed by atoms with van der Waals surface area (Å²) < 4.78 is 2.80. The number of rotatable bonds is 3. The molecule has 22 heavy (non-hydrogen) atoms. The Hall–Kier alpha value is -2.96. The molecule has 0 aliphatic rings. The molecule has 0 radical (unpaired) electrons. The van der Waals surface area contributed by atoms with Crippen LogP contribution in [0.1, 0.15) is 5.56 Å². The zero-order chi connectivity index (χ0) is 15.7. The van der Waals surface area contributed by atoms with E-state index in [9.17, 15) is 9.59 Å². The van der Waals surface area contributed by atoms with Crippen molar-refractivity contribution in [2.24, 2.45) is 7.05 Å². The fraction of sp³-hybridized carbons (Fsp3) is 0.200. The Morgan fingerprint density at radius 2 is 2.09 bits per heavy atom. The van der Waals surface area contributed by atoms with Crippen molar-refractivity contribution in [3.05, 3.63) is 52.7 Å². The number of aryl methyl sites for hydroxylation is 2. The van der Waals surface area contributed by atoms with Crippen LogP contribution >= 0.6 is 0 Å². The van der Waals surface area contributed by atoms with E-state index in [1.807, 2.05) is 31.2 Å². The van der Waals surface area contributed by atoms with Gasteiger partial charge in [-0.15, -0.1) is 0 Å². The lowest BCUT2D eigenvalue weighted by Crippen LogP contribution is -2.28. The molecule has 0 atom stereocenters. The van der Waals surface area contributed by atoms with Crippen LogP contribution in [0.5, 0.6) is 0 Å². The highest BCUT2D eigenvalue weighted by Crippen LogP contribution is 2.13. The fourth-order valence-corrected chi connectivity index (χ4v) is 2.24. The Kier molecular flexibility index (Phi) is 3.46. The van der Waals surface area contributed by atoms with Crippen molar-refractivity contribution in [1.29, 1.82) is 0 Å². The van der Waals surface area contributed by atoms with Gasteiger partial charge >= 0.3 is 0 Å². The van der Waals surface area contributed by atoms with Crippen LogP contribution in [0.2, 0.25) is 0 Å². The van der Waals surface area contributed by atoms with Crippen LogP contribution in [0.3, 0.4) is 0 Å². The summed E-state index contributed by atoms with van der Waals surface area (Å²) in [7, 11) is 1.71. The molecule has 1 aromatic carbocycles. The Balaban J connectivity index is 1.84. The molecule has 1 N–H and O–H groups in total. The molecule has 0 aliphatic carbocycles. The molecule has 0 saturated heterocycles. The first-order valence-electron chi connectivity index (χ1n) is 6.79. The van der Waals surface area contributed by atoms with E-state index in [1.165, 1.54) is 21.8 Å². The van der Waals surface area contributed by atoms with Gasteiger partial charge in [0, 0.05) is 12.7 Å². The summed E-state index contributed by atoms with van der Waals surface area (Å²) in [6, 6.07) is 7.47. The van der Waals surface area contributed by atoms with Crippen molar-refractivity contribution in [2.45, 2.75) is 13.5 Å². The van der Waals surface area contributed by atoms with E-state index in [0.717, 1.165) is 11.3 Å². The number of para-hydroxylation sites is 1. The van der Waals surface area contributed by atoms with E-state index < -0.39 is 0 Å². The highest BCUT2D eigenvalue weighted by Gasteiger charge is 2.11. The summed E-state index contributed by atoms with van der Waals surface area (Å²) in [5.74, 6) is -0.276. The van der Waals surface area contributed by atoms with Crippen LogP contribution in [-0.4, -0.2) is 25.2 Å². The van der Waals surface area contributed by atoms with E-state index in [4.69, 9.17) is 0 Å². The minimum atomic E-state index is -0.280. The van der Waals surface area contributed by atoms with Gasteiger partial charge in [-0.3, -0.25) is 18.8 Å². The van der Waals surface area contributed by atoms with Gasteiger partial charge in [0.2, 0.25) is 5.91 Å².